The topological polar surface area (TPSA) is 16.4 Å². The van der Waals surface area contributed by atoms with E-state index in [1.807, 2.05) is 6.07 Å². The Hall–Kier alpha value is -6.64. The van der Waals surface area contributed by atoms with E-state index in [0.717, 1.165) is 39.0 Å². The van der Waals surface area contributed by atoms with E-state index in [1.54, 1.807) is 0 Å². The molecule has 256 valence electrons. The van der Waals surface area contributed by atoms with Crippen LogP contribution in [0.4, 0.5) is 17.1 Å². The summed E-state index contributed by atoms with van der Waals surface area (Å²) >= 11 is 0. The third-order valence-corrected chi connectivity index (χ3v) is 12.2. The second kappa shape index (κ2) is 11.4. The molecular formula is C52H37NO. The van der Waals surface area contributed by atoms with Crippen molar-refractivity contribution in [1.82, 2.24) is 0 Å². The van der Waals surface area contributed by atoms with Gasteiger partial charge in [0.1, 0.15) is 5.58 Å². The number of para-hydroxylation sites is 2. The van der Waals surface area contributed by atoms with Crippen molar-refractivity contribution in [1.29, 1.82) is 0 Å². The Bertz CT molecular complexity index is 2860. The van der Waals surface area contributed by atoms with E-state index in [2.05, 4.69) is 201 Å². The number of furan rings is 1. The Balaban J connectivity index is 1.18. The molecule has 54 heavy (non-hydrogen) atoms. The molecule has 0 aliphatic heterocycles. The molecule has 8 aromatic carbocycles. The van der Waals surface area contributed by atoms with Crippen LogP contribution in [-0.4, -0.2) is 0 Å². The molecule has 0 fully saturated rings. The quantitative estimate of drug-likeness (QED) is 0.183. The van der Waals surface area contributed by atoms with Gasteiger partial charge in [0.05, 0.1) is 11.1 Å². The van der Waals surface area contributed by atoms with Gasteiger partial charge >= 0.3 is 0 Å². The summed E-state index contributed by atoms with van der Waals surface area (Å²) in [7, 11) is 0. The van der Waals surface area contributed by atoms with Gasteiger partial charge in [0.25, 0.3) is 0 Å². The first-order valence-electron chi connectivity index (χ1n) is 18.9. The van der Waals surface area contributed by atoms with Crippen LogP contribution in [0.25, 0.3) is 44.2 Å². The molecule has 2 nitrogen and oxygen atoms in total. The summed E-state index contributed by atoms with van der Waals surface area (Å²) in [5.41, 5.74) is 17.4. The Morgan fingerprint density at radius 2 is 0.963 bits per heavy atom. The molecule has 1 spiro atoms. The van der Waals surface area contributed by atoms with Crippen molar-refractivity contribution in [2.24, 2.45) is 0 Å². The van der Waals surface area contributed by atoms with Gasteiger partial charge in [-0.15, -0.1) is 0 Å². The predicted molar refractivity (Wildman–Crippen MR) is 223 cm³/mol. The zero-order valence-electron chi connectivity index (χ0n) is 30.3. The van der Waals surface area contributed by atoms with Gasteiger partial charge in [-0.05, 0) is 92.0 Å². The highest BCUT2D eigenvalue weighted by Crippen LogP contribution is 2.62. The van der Waals surface area contributed by atoms with Crippen molar-refractivity contribution in [2.45, 2.75) is 24.7 Å². The Labute approximate surface area is 315 Å². The molecule has 1 heterocycles. The van der Waals surface area contributed by atoms with Crippen LogP contribution in [0.1, 0.15) is 47.2 Å². The lowest BCUT2D eigenvalue weighted by Gasteiger charge is -2.46. The second-order valence-electron chi connectivity index (χ2n) is 15.2. The molecule has 11 rings (SSSR count). The fraction of sp³-hybridized carbons (Fsp3) is 0.0769. The summed E-state index contributed by atoms with van der Waals surface area (Å²) < 4.78 is 6.70. The van der Waals surface area contributed by atoms with Crippen molar-refractivity contribution < 1.29 is 4.42 Å². The molecule has 0 unspecified atom stereocenters. The SMILES string of the molecule is CC1(C)c2ccccc2C2(c3ccccc3-c3cc(N(c4ccc(-c5ccccc5)cc4)c4cccc5c4oc4ccccc45)ccc32)c2ccccc21. The normalized spacial score (nSPS) is 14.4. The minimum absolute atomic E-state index is 0.135. The molecule has 0 saturated carbocycles. The maximum Gasteiger partial charge on any atom is 0.159 e. The lowest BCUT2D eigenvalue weighted by atomic mass is 9.55. The molecule has 0 radical (unpaired) electrons. The first-order chi connectivity index (χ1) is 26.5. The maximum atomic E-state index is 6.70. The summed E-state index contributed by atoms with van der Waals surface area (Å²) in [5, 5.41) is 2.23. The van der Waals surface area contributed by atoms with Crippen LogP contribution < -0.4 is 4.90 Å². The van der Waals surface area contributed by atoms with Crippen molar-refractivity contribution in [3.8, 4) is 22.3 Å². The van der Waals surface area contributed by atoms with Crippen molar-refractivity contribution >= 4 is 39.0 Å². The number of hydrogen-bond acceptors (Lipinski definition) is 2. The van der Waals surface area contributed by atoms with Crippen LogP contribution in [0.3, 0.4) is 0 Å². The second-order valence-corrected chi connectivity index (χ2v) is 15.2. The summed E-state index contributed by atoms with van der Waals surface area (Å²) in [5.74, 6) is 0. The van der Waals surface area contributed by atoms with E-state index >= 15 is 0 Å². The highest BCUT2D eigenvalue weighted by atomic mass is 16.3. The Morgan fingerprint density at radius 3 is 1.70 bits per heavy atom. The lowest BCUT2D eigenvalue weighted by Crippen LogP contribution is -2.40. The van der Waals surface area contributed by atoms with Gasteiger partial charge in [-0.2, -0.15) is 0 Å². The predicted octanol–water partition coefficient (Wildman–Crippen LogP) is 13.7. The fourth-order valence-electron chi connectivity index (χ4n) is 9.76. The Kier molecular flexibility index (Phi) is 6.55. The van der Waals surface area contributed by atoms with Crippen molar-refractivity contribution in [2.75, 3.05) is 4.90 Å². The van der Waals surface area contributed by atoms with Crippen LogP contribution in [0.2, 0.25) is 0 Å². The third kappa shape index (κ3) is 4.17. The highest BCUT2D eigenvalue weighted by Gasteiger charge is 2.53. The van der Waals surface area contributed by atoms with Crippen LogP contribution >= 0.6 is 0 Å². The van der Waals surface area contributed by atoms with Gasteiger partial charge < -0.3 is 9.32 Å². The first-order valence-corrected chi connectivity index (χ1v) is 18.9. The molecule has 0 N–H and O–H groups in total. The monoisotopic (exact) mass is 691 g/mol. The molecule has 0 atom stereocenters. The van der Waals surface area contributed by atoms with Crippen LogP contribution in [0, 0.1) is 0 Å². The van der Waals surface area contributed by atoms with Gasteiger partial charge in [0.2, 0.25) is 0 Å². The van der Waals surface area contributed by atoms with Gasteiger partial charge in [0.15, 0.2) is 5.58 Å². The highest BCUT2D eigenvalue weighted by molar-refractivity contribution is 6.10. The molecule has 2 heteroatoms. The zero-order valence-corrected chi connectivity index (χ0v) is 30.3. The maximum absolute atomic E-state index is 6.70. The van der Waals surface area contributed by atoms with Crippen LogP contribution in [-0.2, 0) is 10.8 Å². The molecule has 0 bridgehead atoms. The number of fused-ring (bicyclic) bond motifs is 12. The molecule has 9 aromatic rings. The number of benzene rings is 8. The van der Waals surface area contributed by atoms with Crippen molar-refractivity contribution in [3.63, 3.8) is 0 Å². The number of anilines is 3. The molecule has 0 saturated heterocycles. The van der Waals surface area contributed by atoms with E-state index < -0.39 is 5.41 Å². The van der Waals surface area contributed by atoms with E-state index in [-0.39, 0.29) is 5.41 Å². The van der Waals surface area contributed by atoms with E-state index in [4.69, 9.17) is 4.42 Å². The summed E-state index contributed by atoms with van der Waals surface area (Å²) in [6, 6.07) is 68.8. The average molecular weight is 692 g/mol. The smallest absolute Gasteiger partial charge is 0.159 e. The summed E-state index contributed by atoms with van der Waals surface area (Å²) in [4.78, 5) is 2.37. The lowest BCUT2D eigenvalue weighted by molar-refractivity contribution is 0.563. The molecule has 2 aliphatic rings. The fourth-order valence-corrected chi connectivity index (χ4v) is 9.76. The third-order valence-electron chi connectivity index (χ3n) is 12.2. The van der Waals surface area contributed by atoms with E-state index in [0.29, 0.717) is 0 Å². The molecular weight excluding hydrogens is 655 g/mol. The van der Waals surface area contributed by atoms with E-state index in [1.165, 1.54) is 55.6 Å². The van der Waals surface area contributed by atoms with Crippen LogP contribution in [0.5, 0.6) is 0 Å². The standard InChI is InChI=1S/C52H37NO/c1-51(2)44-21-9-11-23-46(44)52(47-24-12-10-22-45(47)51)42-20-8-6-17-38(42)41-33-37(31-32-43(41)52)53(36-29-27-35(28-30-36)34-15-4-3-5-16-34)48-25-14-19-40-39-18-7-13-26-49(39)54-50(40)48/h3-33H,1-2H3. The molecule has 1 aromatic heterocycles. The first kappa shape index (κ1) is 30.9. The van der Waals surface area contributed by atoms with E-state index in [9.17, 15) is 0 Å². The number of nitrogens with zero attached hydrogens (tertiary/aromatic N) is 1. The Morgan fingerprint density at radius 1 is 0.407 bits per heavy atom. The van der Waals surface area contributed by atoms with Gasteiger partial charge in [-0.25, -0.2) is 0 Å². The van der Waals surface area contributed by atoms with Crippen LogP contribution in [0.15, 0.2) is 192 Å². The minimum atomic E-state index is -0.436. The average Bonchev–Trinajstić information content (AvgIpc) is 3.75. The molecule has 2 aliphatic carbocycles. The number of rotatable bonds is 4. The molecule has 0 amide bonds. The minimum Gasteiger partial charge on any atom is -0.454 e. The van der Waals surface area contributed by atoms with Gasteiger partial charge in [-0.1, -0.05) is 166 Å². The summed E-state index contributed by atoms with van der Waals surface area (Å²) in [6.45, 7) is 4.75. The van der Waals surface area contributed by atoms with Crippen molar-refractivity contribution in [3.05, 3.63) is 221 Å². The number of hydrogen-bond donors (Lipinski definition) is 0. The van der Waals surface area contributed by atoms with Gasteiger partial charge in [-0.3, -0.25) is 0 Å². The zero-order chi connectivity index (χ0) is 36.0. The van der Waals surface area contributed by atoms with Gasteiger partial charge in [0, 0.05) is 27.6 Å². The largest absolute Gasteiger partial charge is 0.454 e. The summed E-state index contributed by atoms with van der Waals surface area (Å²) in [6.07, 6.45) is 0.